The average molecular weight is 267 g/mol. The van der Waals surface area contributed by atoms with E-state index in [0.717, 1.165) is 12.0 Å². The lowest BCUT2D eigenvalue weighted by Gasteiger charge is -2.31. The highest BCUT2D eigenvalue weighted by Gasteiger charge is 2.24. The third kappa shape index (κ3) is 4.20. The van der Waals surface area contributed by atoms with E-state index in [1.54, 1.807) is 12.1 Å². The molecule has 1 aromatic rings. The van der Waals surface area contributed by atoms with Gasteiger partial charge in [-0.25, -0.2) is 4.39 Å². The van der Waals surface area contributed by atoms with E-state index in [1.807, 2.05) is 13.1 Å². The molecule has 1 aromatic carbocycles. The highest BCUT2D eigenvalue weighted by Crippen LogP contribution is 2.34. The summed E-state index contributed by atoms with van der Waals surface area (Å²) in [4.78, 5) is 0. The quantitative estimate of drug-likeness (QED) is 0.864. The number of nitrogens with one attached hydrogen (secondary N) is 1. The summed E-state index contributed by atoms with van der Waals surface area (Å²) in [5.74, 6) is 0.529. The van der Waals surface area contributed by atoms with Crippen molar-refractivity contribution in [1.29, 1.82) is 0 Å². The number of hydrogen-bond donors (Lipinski definition) is 1. The minimum Gasteiger partial charge on any atom is -0.494 e. The van der Waals surface area contributed by atoms with Gasteiger partial charge >= 0.3 is 0 Å². The summed E-state index contributed by atoms with van der Waals surface area (Å²) >= 11 is 0. The van der Waals surface area contributed by atoms with E-state index in [4.69, 9.17) is 4.74 Å². The number of ether oxygens (including phenoxy) is 1. The molecule has 108 valence electrons. The zero-order chi connectivity index (χ0) is 14.6. The topological polar surface area (TPSA) is 21.3 Å². The summed E-state index contributed by atoms with van der Waals surface area (Å²) in [5.41, 5.74) is 1.22. The van der Waals surface area contributed by atoms with Gasteiger partial charge in [0.2, 0.25) is 0 Å². The predicted octanol–water partition coefficient (Wildman–Crippen LogP) is 4.17. The van der Waals surface area contributed by atoms with E-state index >= 15 is 0 Å². The van der Waals surface area contributed by atoms with Crippen LogP contribution in [0.15, 0.2) is 18.2 Å². The smallest absolute Gasteiger partial charge is 0.165 e. The summed E-state index contributed by atoms with van der Waals surface area (Å²) in [6.07, 6.45) is 0.978. The van der Waals surface area contributed by atoms with Gasteiger partial charge in [0.1, 0.15) is 0 Å². The first-order valence-corrected chi connectivity index (χ1v) is 6.80. The molecule has 0 amide bonds. The van der Waals surface area contributed by atoms with Gasteiger partial charge in [-0.1, -0.05) is 33.8 Å². The van der Waals surface area contributed by atoms with Gasteiger partial charge in [-0.05, 0) is 42.5 Å². The molecule has 1 rings (SSSR count). The fourth-order valence-electron chi connectivity index (χ4n) is 2.03. The van der Waals surface area contributed by atoms with Gasteiger partial charge in [-0.15, -0.1) is 0 Å². The maximum absolute atomic E-state index is 13.8. The minimum absolute atomic E-state index is 0.162. The van der Waals surface area contributed by atoms with Crippen LogP contribution in [0.2, 0.25) is 0 Å². The van der Waals surface area contributed by atoms with Gasteiger partial charge in [0.15, 0.2) is 11.6 Å². The Morgan fingerprint density at radius 1 is 1.32 bits per heavy atom. The molecule has 0 aliphatic heterocycles. The summed E-state index contributed by atoms with van der Waals surface area (Å²) in [6.45, 7) is 8.95. The summed E-state index contributed by atoms with van der Waals surface area (Å²) < 4.78 is 18.7. The van der Waals surface area contributed by atoms with Crippen molar-refractivity contribution in [3.8, 4) is 5.75 Å². The fourth-order valence-corrected chi connectivity index (χ4v) is 2.03. The van der Waals surface area contributed by atoms with Crippen molar-refractivity contribution in [3.05, 3.63) is 29.6 Å². The second-order valence-electron chi connectivity index (χ2n) is 6.24. The molecular formula is C16H26FNO. The first-order chi connectivity index (χ1) is 8.79. The van der Waals surface area contributed by atoms with E-state index < -0.39 is 0 Å². The van der Waals surface area contributed by atoms with Crippen molar-refractivity contribution < 1.29 is 9.13 Å². The molecule has 0 aliphatic carbocycles. The second-order valence-corrected chi connectivity index (χ2v) is 6.24. The van der Waals surface area contributed by atoms with Crippen molar-refractivity contribution >= 4 is 0 Å². The molecule has 2 atom stereocenters. The molecule has 0 radical (unpaired) electrons. The first kappa shape index (κ1) is 16.0. The van der Waals surface area contributed by atoms with Gasteiger partial charge in [0.25, 0.3) is 0 Å². The van der Waals surface area contributed by atoms with Crippen LogP contribution in [0.3, 0.4) is 0 Å². The maximum atomic E-state index is 13.8. The number of rotatable bonds is 5. The van der Waals surface area contributed by atoms with Crippen LogP contribution in [-0.4, -0.2) is 14.2 Å². The van der Waals surface area contributed by atoms with Crippen LogP contribution in [0.1, 0.15) is 45.7 Å². The Morgan fingerprint density at radius 3 is 2.37 bits per heavy atom. The maximum Gasteiger partial charge on any atom is 0.165 e. The Hall–Kier alpha value is -1.09. The zero-order valence-electron chi connectivity index (χ0n) is 12.9. The number of hydrogen-bond acceptors (Lipinski definition) is 2. The van der Waals surface area contributed by atoms with E-state index in [-0.39, 0.29) is 17.3 Å². The number of benzene rings is 1. The van der Waals surface area contributed by atoms with Crippen LogP contribution in [0.4, 0.5) is 4.39 Å². The third-order valence-corrected chi connectivity index (χ3v) is 3.99. The van der Waals surface area contributed by atoms with Crippen LogP contribution in [0.5, 0.6) is 5.75 Å². The van der Waals surface area contributed by atoms with Gasteiger partial charge < -0.3 is 10.1 Å². The summed E-state index contributed by atoms with van der Waals surface area (Å²) in [7, 11) is 3.40. The molecule has 1 N–H and O–H groups in total. The van der Waals surface area contributed by atoms with Crippen LogP contribution in [0.25, 0.3) is 0 Å². The van der Waals surface area contributed by atoms with Gasteiger partial charge in [-0.2, -0.15) is 0 Å². The van der Waals surface area contributed by atoms with Crippen LogP contribution in [0, 0.1) is 17.2 Å². The monoisotopic (exact) mass is 267 g/mol. The fraction of sp³-hybridized carbons (Fsp3) is 0.625. The summed E-state index contributed by atoms with van der Waals surface area (Å²) in [6, 6.07) is 5.35. The van der Waals surface area contributed by atoms with E-state index in [2.05, 4.69) is 33.0 Å². The van der Waals surface area contributed by atoms with E-state index in [0.29, 0.717) is 11.7 Å². The van der Waals surface area contributed by atoms with E-state index in [9.17, 15) is 4.39 Å². The second kappa shape index (κ2) is 6.38. The summed E-state index contributed by atoms with van der Waals surface area (Å²) in [5, 5.41) is 3.28. The molecule has 0 spiro atoms. The Labute approximate surface area is 116 Å². The molecule has 0 bridgehead atoms. The van der Waals surface area contributed by atoms with Gasteiger partial charge in [-0.3, -0.25) is 0 Å². The molecule has 0 saturated carbocycles. The molecule has 0 fully saturated rings. The molecule has 0 saturated heterocycles. The van der Waals surface area contributed by atoms with Crippen LogP contribution >= 0.6 is 0 Å². The lowest BCUT2D eigenvalue weighted by molar-refractivity contribution is 0.226. The molecule has 0 heterocycles. The zero-order valence-corrected chi connectivity index (χ0v) is 12.9. The van der Waals surface area contributed by atoms with Crippen molar-refractivity contribution in [3.63, 3.8) is 0 Å². The lowest BCUT2D eigenvalue weighted by atomic mass is 9.77. The SMILES string of the molecule is CNC(CC(C)C(C)(C)C)c1ccc(OC)c(F)c1. The molecule has 3 heteroatoms. The molecule has 0 aliphatic rings. The highest BCUT2D eigenvalue weighted by molar-refractivity contribution is 5.31. The molecule has 19 heavy (non-hydrogen) atoms. The Kier molecular flexibility index (Phi) is 5.36. The van der Waals surface area contributed by atoms with Crippen LogP contribution in [-0.2, 0) is 0 Å². The molecule has 0 aromatic heterocycles. The van der Waals surface area contributed by atoms with Crippen molar-refractivity contribution in [2.75, 3.05) is 14.2 Å². The standard InChI is InChI=1S/C16H26FNO/c1-11(16(2,3)4)9-14(18-5)12-7-8-15(19-6)13(17)10-12/h7-8,10-11,14,18H,9H2,1-6H3. The first-order valence-electron chi connectivity index (χ1n) is 6.80. The largest absolute Gasteiger partial charge is 0.494 e. The predicted molar refractivity (Wildman–Crippen MR) is 78.0 cm³/mol. The third-order valence-electron chi connectivity index (χ3n) is 3.99. The molecule has 2 nitrogen and oxygen atoms in total. The lowest BCUT2D eigenvalue weighted by Crippen LogP contribution is -2.25. The Morgan fingerprint density at radius 2 is 1.95 bits per heavy atom. The van der Waals surface area contributed by atoms with E-state index in [1.165, 1.54) is 7.11 Å². The number of methoxy groups -OCH3 is 1. The van der Waals surface area contributed by atoms with Gasteiger partial charge in [0, 0.05) is 6.04 Å². The Balaban J connectivity index is 2.89. The van der Waals surface area contributed by atoms with Crippen molar-refractivity contribution in [2.45, 2.75) is 40.2 Å². The number of halogens is 1. The average Bonchev–Trinajstić information content (AvgIpc) is 2.34. The minimum atomic E-state index is -0.302. The van der Waals surface area contributed by atoms with Crippen molar-refractivity contribution in [1.82, 2.24) is 5.32 Å². The van der Waals surface area contributed by atoms with Gasteiger partial charge in [0.05, 0.1) is 7.11 Å². The van der Waals surface area contributed by atoms with Crippen molar-refractivity contribution in [2.24, 2.45) is 11.3 Å². The molecule has 2 unspecified atom stereocenters. The highest BCUT2D eigenvalue weighted by atomic mass is 19.1. The molecular weight excluding hydrogens is 241 g/mol. The Bertz CT molecular complexity index is 412. The normalized spacial score (nSPS) is 15.1. The van der Waals surface area contributed by atoms with Crippen LogP contribution < -0.4 is 10.1 Å².